The summed E-state index contributed by atoms with van der Waals surface area (Å²) >= 11 is 5.94. The van der Waals surface area contributed by atoms with Gasteiger partial charge in [-0.15, -0.1) is 0 Å². The second kappa shape index (κ2) is 7.91. The van der Waals surface area contributed by atoms with Crippen molar-refractivity contribution >= 4 is 33.6 Å². The minimum Gasteiger partial charge on any atom is -0.349 e. The molecule has 0 saturated carbocycles. The molecule has 122 valence electrons. The van der Waals surface area contributed by atoms with E-state index in [1.807, 2.05) is 0 Å². The van der Waals surface area contributed by atoms with Gasteiger partial charge in [0.25, 0.3) is 5.91 Å². The van der Waals surface area contributed by atoms with Gasteiger partial charge in [-0.2, -0.15) is 5.10 Å². The van der Waals surface area contributed by atoms with E-state index >= 15 is 0 Å². The predicted octanol–water partition coefficient (Wildman–Crippen LogP) is 1.38. The van der Waals surface area contributed by atoms with Crippen molar-refractivity contribution in [2.75, 3.05) is 13.1 Å². The monoisotopic (exact) mass is 354 g/mol. The average Bonchev–Trinajstić information content (AvgIpc) is 3.05. The normalized spacial score (nSPS) is 11.7. The smallest absolute Gasteiger partial charge is 0.269 e. The molecule has 0 atom stereocenters. The third-order valence-corrected chi connectivity index (χ3v) is 4.24. The Morgan fingerprint density at radius 3 is 2.74 bits per heavy atom. The van der Waals surface area contributed by atoms with Gasteiger partial charge in [0.1, 0.15) is 5.69 Å². The van der Waals surface area contributed by atoms with Crippen LogP contribution in [0.5, 0.6) is 0 Å². The van der Waals surface area contributed by atoms with Gasteiger partial charge in [0.15, 0.2) is 0 Å². The molecule has 0 fully saturated rings. The molecule has 0 saturated heterocycles. The lowest BCUT2D eigenvalue weighted by atomic mass is 10.2. The number of hydrogen-bond acceptors (Lipinski definition) is 4. The van der Waals surface area contributed by atoms with E-state index in [4.69, 9.17) is 11.6 Å². The standard InChI is InChI=1S/C14H15ClN4O3S/c15-12-4-2-1-3-11(12)6-10-23(21,22)18-9-8-16-14(20)13-5-7-17-19-13/h1-7,10,18H,8-9H2,(H,16,20)(H,17,19). The van der Waals surface area contributed by atoms with Crippen LogP contribution in [0, 0.1) is 0 Å². The third kappa shape index (κ3) is 5.51. The third-order valence-electron chi connectivity index (χ3n) is 2.79. The highest BCUT2D eigenvalue weighted by Gasteiger charge is 2.07. The summed E-state index contributed by atoms with van der Waals surface area (Å²) < 4.78 is 26.0. The van der Waals surface area contributed by atoms with Gasteiger partial charge in [-0.25, -0.2) is 13.1 Å². The van der Waals surface area contributed by atoms with Crippen LogP contribution < -0.4 is 10.0 Å². The summed E-state index contributed by atoms with van der Waals surface area (Å²) in [5.74, 6) is -0.353. The quantitative estimate of drug-likeness (QED) is 0.653. The number of carbonyl (C=O) groups is 1. The van der Waals surface area contributed by atoms with Gasteiger partial charge in [0.2, 0.25) is 10.0 Å². The number of carbonyl (C=O) groups excluding carboxylic acids is 1. The minimum atomic E-state index is -3.61. The zero-order chi connectivity index (χ0) is 16.7. The number of aromatic nitrogens is 2. The first-order chi connectivity index (χ1) is 11.0. The second-order valence-electron chi connectivity index (χ2n) is 4.49. The van der Waals surface area contributed by atoms with Crippen molar-refractivity contribution in [3.63, 3.8) is 0 Å². The van der Waals surface area contributed by atoms with Crippen molar-refractivity contribution in [2.45, 2.75) is 0 Å². The maximum atomic E-state index is 11.8. The highest BCUT2D eigenvalue weighted by atomic mass is 35.5. The van der Waals surface area contributed by atoms with Crippen molar-refractivity contribution in [1.29, 1.82) is 0 Å². The van der Waals surface area contributed by atoms with E-state index < -0.39 is 10.0 Å². The second-order valence-corrected chi connectivity index (χ2v) is 6.55. The molecule has 3 N–H and O–H groups in total. The number of rotatable bonds is 7. The number of benzene rings is 1. The number of aromatic amines is 1. The van der Waals surface area contributed by atoms with Gasteiger partial charge in [-0.3, -0.25) is 9.89 Å². The van der Waals surface area contributed by atoms with Gasteiger partial charge in [-0.1, -0.05) is 29.8 Å². The van der Waals surface area contributed by atoms with E-state index in [0.717, 1.165) is 5.41 Å². The molecule has 1 heterocycles. The first-order valence-electron chi connectivity index (χ1n) is 6.68. The van der Waals surface area contributed by atoms with Crippen molar-refractivity contribution in [3.05, 3.63) is 58.2 Å². The van der Waals surface area contributed by atoms with Crippen LogP contribution in [-0.2, 0) is 10.0 Å². The summed E-state index contributed by atoms with van der Waals surface area (Å²) in [7, 11) is -3.61. The fourth-order valence-corrected chi connectivity index (χ4v) is 2.68. The van der Waals surface area contributed by atoms with E-state index in [1.165, 1.54) is 18.3 Å². The van der Waals surface area contributed by atoms with Crippen LogP contribution in [0.25, 0.3) is 6.08 Å². The first kappa shape index (κ1) is 17.2. The van der Waals surface area contributed by atoms with Crippen molar-refractivity contribution < 1.29 is 13.2 Å². The Bertz CT molecular complexity index is 788. The lowest BCUT2D eigenvalue weighted by Gasteiger charge is -2.05. The molecular weight excluding hydrogens is 340 g/mol. The highest BCUT2D eigenvalue weighted by molar-refractivity contribution is 7.92. The van der Waals surface area contributed by atoms with Crippen LogP contribution in [0.2, 0.25) is 5.02 Å². The van der Waals surface area contributed by atoms with Crippen LogP contribution in [0.1, 0.15) is 16.1 Å². The number of H-pyrrole nitrogens is 1. The molecule has 2 aromatic rings. The highest BCUT2D eigenvalue weighted by Crippen LogP contribution is 2.16. The summed E-state index contributed by atoms with van der Waals surface area (Å²) in [5.41, 5.74) is 0.915. The number of nitrogens with zero attached hydrogens (tertiary/aromatic N) is 1. The minimum absolute atomic E-state index is 0.0646. The molecule has 0 unspecified atom stereocenters. The van der Waals surface area contributed by atoms with E-state index in [9.17, 15) is 13.2 Å². The molecule has 2 rings (SSSR count). The molecule has 0 aliphatic carbocycles. The molecular formula is C14H15ClN4O3S. The Morgan fingerprint density at radius 2 is 2.04 bits per heavy atom. The number of halogens is 1. The zero-order valence-electron chi connectivity index (χ0n) is 12.0. The fourth-order valence-electron chi connectivity index (χ4n) is 1.67. The van der Waals surface area contributed by atoms with E-state index in [2.05, 4.69) is 20.2 Å². The summed E-state index contributed by atoms with van der Waals surface area (Å²) in [6.45, 7) is 0.214. The van der Waals surface area contributed by atoms with E-state index in [1.54, 1.807) is 24.3 Å². The fraction of sp³-hybridized carbons (Fsp3) is 0.143. The SMILES string of the molecule is O=C(NCCNS(=O)(=O)C=Cc1ccccc1Cl)c1ccn[nH]1. The molecule has 1 amide bonds. The molecule has 1 aromatic heterocycles. The Labute approximate surface area is 138 Å². The molecule has 0 spiro atoms. The van der Waals surface area contributed by atoms with Crippen molar-refractivity contribution in [2.24, 2.45) is 0 Å². The Hall–Kier alpha value is -2.16. The summed E-state index contributed by atoms with van der Waals surface area (Å²) in [6, 6.07) is 8.42. The lowest BCUT2D eigenvalue weighted by Crippen LogP contribution is -2.34. The molecule has 23 heavy (non-hydrogen) atoms. The zero-order valence-corrected chi connectivity index (χ0v) is 13.6. The predicted molar refractivity (Wildman–Crippen MR) is 88.3 cm³/mol. The molecule has 0 aliphatic heterocycles. The van der Waals surface area contributed by atoms with E-state index in [0.29, 0.717) is 16.3 Å². The number of sulfonamides is 1. The Kier molecular flexibility index (Phi) is 5.91. The number of nitrogens with one attached hydrogen (secondary N) is 3. The Balaban J connectivity index is 1.80. The van der Waals surface area contributed by atoms with Gasteiger partial charge in [0.05, 0.1) is 0 Å². The van der Waals surface area contributed by atoms with Gasteiger partial charge in [0, 0.05) is 29.7 Å². The van der Waals surface area contributed by atoms with Crippen LogP contribution in [0.3, 0.4) is 0 Å². The molecule has 0 radical (unpaired) electrons. The van der Waals surface area contributed by atoms with Gasteiger partial charge >= 0.3 is 0 Å². The van der Waals surface area contributed by atoms with Crippen LogP contribution >= 0.6 is 11.6 Å². The number of amides is 1. The molecule has 1 aromatic carbocycles. The molecule has 0 bridgehead atoms. The van der Waals surface area contributed by atoms with E-state index in [-0.39, 0.29) is 19.0 Å². The van der Waals surface area contributed by atoms with Crippen LogP contribution in [0.15, 0.2) is 41.9 Å². The Morgan fingerprint density at radius 1 is 1.26 bits per heavy atom. The summed E-state index contributed by atoms with van der Waals surface area (Å²) in [4.78, 5) is 11.6. The first-order valence-corrected chi connectivity index (χ1v) is 8.60. The summed E-state index contributed by atoms with van der Waals surface area (Å²) in [6.07, 6.45) is 2.87. The largest absolute Gasteiger partial charge is 0.349 e. The molecule has 0 aliphatic rings. The topological polar surface area (TPSA) is 104 Å². The lowest BCUT2D eigenvalue weighted by molar-refractivity contribution is 0.0949. The van der Waals surface area contributed by atoms with Crippen LogP contribution in [0.4, 0.5) is 0 Å². The average molecular weight is 355 g/mol. The van der Waals surface area contributed by atoms with Crippen LogP contribution in [-0.4, -0.2) is 37.6 Å². The van der Waals surface area contributed by atoms with Crippen molar-refractivity contribution in [1.82, 2.24) is 20.2 Å². The number of hydrogen-bond donors (Lipinski definition) is 3. The maximum Gasteiger partial charge on any atom is 0.269 e. The van der Waals surface area contributed by atoms with Gasteiger partial charge < -0.3 is 5.32 Å². The van der Waals surface area contributed by atoms with Gasteiger partial charge in [-0.05, 0) is 23.8 Å². The molecule has 7 nitrogen and oxygen atoms in total. The maximum absolute atomic E-state index is 11.8. The summed E-state index contributed by atoms with van der Waals surface area (Å²) in [5, 5.41) is 10.2. The van der Waals surface area contributed by atoms with Crippen molar-refractivity contribution in [3.8, 4) is 0 Å². The molecule has 9 heteroatoms.